The third-order valence-electron chi connectivity index (χ3n) is 3.10. The summed E-state index contributed by atoms with van der Waals surface area (Å²) in [6, 6.07) is 2.18. The number of rotatable bonds is 3. The van der Waals surface area contributed by atoms with Gasteiger partial charge >= 0.3 is 0 Å². The SMILES string of the molecule is CCC[C@H]1CNC[C@@H]1c1cc(C)[nH]n1. The Kier molecular flexibility index (Phi) is 2.87. The van der Waals surface area contributed by atoms with E-state index in [1.54, 1.807) is 0 Å². The highest BCUT2D eigenvalue weighted by molar-refractivity contribution is 5.15. The van der Waals surface area contributed by atoms with Crippen molar-refractivity contribution in [1.29, 1.82) is 0 Å². The van der Waals surface area contributed by atoms with Crippen LogP contribution in [0, 0.1) is 12.8 Å². The smallest absolute Gasteiger partial charge is 0.0671 e. The van der Waals surface area contributed by atoms with Crippen LogP contribution in [0.2, 0.25) is 0 Å². The van der Waals surface area contributed by atoms with E-state index in [2.05, 4.69) is 35.4 Å². The molecule has 0 amide bonds. The molecular weight excluding hydrogens is 174 g/mol. The van der Waals surface area contributed by atoms with Crippen LogP contribution in [-0.4, -0.2) is 23.3 Å². The molecule has 2 atom stereocenters. The fraction of sp³-hybridized carbons (Fsp3) is 0.727. The molecule has 0 saturated carbocycles. The van der Waals surface area contributed by atoms with Gasteiger partial charge in [0, 0.05) is 18.2 Å². The van der Waals surface area contributed by atoms with Crippen LogP contribution in [0.3, 0.4) is 0 Å². The van der Waals surface area contributed by atoms with Gasteiger partial charge in [0.2, 0.25) is 0 Å². The number of hydrogen-bond acceptors (Lipinski definition) is 2. The predicted molar refractivity (Wildman–Crippen MR) is 57.3 cm³/mol. The molecule has 3 heteroatoms. The van der Waals surface area contributed by atoms with Crippen LogP contribution in [0.15, 0.2) is 6.07 Å². The molecule has 0 spiro atoms. The fourth-order valence-corrected chi connectivity index (χ4v) is 2.38. The van der Waals surface area contributed by atoms with Crippen LogP contribution in [0.25, 0.3) is 0 Å². The molecule has 2 heterocycles. The minimum absolute atomic E-state index is 0.625. The first kappa shape index (κ1) is 9.71. The van der Waals surface area contributed by atoms with Crippen molar-refractivity contribution < 1.29 is 0 Å². The zero-order valence-electron chi connectivity index (χ0n) is 9.01. The molecule has 0 radical (unpaired) electrons. The molecule has 14 heavy (non-hydrogen) atoms. The van der Waals surface area contributed by atoms with Gasteiger partial charge in [-0.25, -0.2) is 0 Å². The van der Waals surface area contributed by atoms with Crippen LogP contribution in [0.4, 0.5) is 0 Å². The molecule has 2 rings (SSSR count). The second kappa shape index (κ2) is 4.13. The Morgan fingerprint density at radius 2 is 2.36 bits per heavy atom. The second-order valence-electron chi connectivity index (χ2n) is 4.29. The van der Waals surface area contributed by atoms with E-state index in [0.717, 1.165) is 19.0 Å². The van der Waals surface area contributed by atoms with Crippen LogP contribution in [-0.2, 0) is 0 Å². The Morgan fingerprint density at radius 1 is 1.50 bits per heavy atom. The molecule has 2 N–H and O–H groups in total. The van der Waals surface area contributed by atoms with E-state index in [-0.39, 0.29) is 0 Å². The number of nitrogens with one attached hydrogen (secondary N) is 2. The number of aryl methyl sites for hydroxylation is 1. The van der Waals surface area contributed by atoms with Crippen molar-refractivity contribution in [1.82, 2.24) is 15.5 Å². The monoisotopic (exact) mass is 193 g/mol. The van der Waals surface area contributed by atoms with Crippen molar-refractivity contribution in [3.8, 4) is 0 Å². The summed E-state index contributed by atoms with van der Waals surface area (Å²) in [5, 5.41) is 10.9. The summed E-state index contributed by atoms with van der Waals surface area (Å²) in [5.41, 5.74) is 2.41. The first-order valence-electron chi connectivity index (χ1n) is 5.54. The zero-order chi connectivity index (χ0) is 9.97. The van der Waals surface area contributed by atoms with Gasteiger partial charge in [0.1, 0.15) is 0 Å². The molecule has 1 aromatic rings. The van der Waals surface area contributed by atoms with E-state index >= 15 is 0 Å². The molecule has 0 bridgehead atoms. The minimum atomic E-state index is 0.625. The normalized spacial score (nSPS) is 27.0. The van der Waals surface area contributed by atoms with Crippen LogP contribution >= 0.6 is 0 Å². The third-order valence-corrected chi connectivity index (χ3v) is 3.10. The van der Waals surface area contributed by atoms with Crippen LogP contribution in [0.5, 0.6) is 0 Å². The lowest BCUT2D eigenvalue weighted by Crippen LogP contribution is -2.10. The molecule has 1 saturated heterocycles. The van der Waals surface area contributed by atoms with Gasteiger partial charge in [-0.05, 0) is 31.9 Å². The number of aromatic amines is 1. The Bertz CT molecular complexity index is 292. The molecule has 0 unspecified atom stereocenters. The van der Waals surface area contributed by atoms with Gasteiger partial charge in [-0.2, -0.15) is 5.10 Å². The maximum absolute atomic E-state index is 4.37. The van der Waals surface area contributed by atoms with E-state index in [9.17, 15) is 0 Å². The highest BCUT2D eigenvalue weighted by atomic mass is 15.1. The first-order chi connectivity index (χ1) is 6.81. The highest BCUT2D eigenvalue weighted by Crippen LogP contribution is 2.30. The second-order valence-corrected chi connectivity index (χ2v) is 4.29. The van der Waals surface area contributed by atoms with Gasteiger partial charge in [-0.1, -0.05) is 13.3 Å². The summed E-state index contributed by atoms with van der Waals surface area (Å²) in [6.07, 6.45) is 2.58. The van der Waals surface area contributed by atoms with Gasteiger partial charge in [0.25, 0.3) is 0 Å². The Morgan fingerprint density at radius 3 is 3.00 bits per heavy atom. The molecule has 1 fully saturated rings. The fourth-order valence-electron chi connectivity index (χ4n) is 2.38. The summed E-state index contributed by atoms with van der Waals surface area (Å²) >= 11 is 0. The lowest BCUT2D eigenvalue weighted by atomic mass is 9.89. The summed E-state index contributed by atoms with van der Waals surface area (Å²) in [7, 11) is 0. The topological polar surface area (TPSA) is 40.7 Å². The standard InChI is InChI=1S/C11H19N3/c1-3-4-9-6-12-7-10(9)11-5-8(2)13-14-11/h5,9-10,12H,3-4,6-7H2,1-2H3,(H,13,14)/t9-,10-/m0/s1. The van der Waals surface area contributed by atoms with Crippen molar-refractivity contribution in [3.05, 3.63) is 17.5 Å². The Balaban J connectivity index is 2.09. The summed E-state index contributed by atoms with van der Waals surface area (Å²) in [5.74, 6) is 1.41. The van der Waals surface area contributed by atoms with E-state index < -0.39 is 0 Å². The summed E-state index contributed by atoms with van der Waals surface area (Å²) in [4.78, 5) is 0. The van der Waals surface area contributed by atoms with E-state index in [1.165, 1.54) is 24.2 Å². The molecular formula is C11H19N3. The highest BCUT2D eigenvalue weighted by Gasteiger charge is 2.29. The van der Waals surface area contributed by atoms with E-state index in [4.69, 9.17) is 0 Å². The van der Waals surface area contributed by atoms with Gasteiger partial charge in [-0.15, -0.1) is 0 Å². The number of hydrogen-bond donors (Lipinski definition) is 2. The molecule has 1 aliphatic rings. The van der Waals surface area contributed by atoms with Gasteiger partial charge < -0.3 is 5.32 Å². The molecule has 0 aliphatic carbocycles. The van der Waals surface area contributed by atoms with Gasteiger partial charge in [0.15, 0.2) is 0 Å². The summed E-state index contributed by atoms with van der Waals surface area (Å²) in [6.45, 7) is 6.57. The quantitative estimate of drug-likeness (QED) is 0.768. The maximum Gasteiger partial charge on any atom is 0.0671 e. The average Bonchev–Trinajstić information content (AvgIpc) is 2.74. The Hall–Kier alpha value is -0.830. The lowest BCUT2D eigenvalue weighted by molar-refractivity contribution is 0.466. The third kappa shape index (κ3) is 1.82. The summed E-state index contributed by atoms with van der Waals surface area (Å²) < 4.78 is 0. The zero-order valence-corrected chi connectivity index (χ0v) is 9.01. The van der Waals surface area contributed by atoms with Crippen molar-refractivity contribution in [2.75, 3.05) is 13.1 Å². The number of aromatic nitrogens is 2. The lowest BCUT2D eigenvalue weighted by Gasteiger charge is -2.14. The van der Waals surface area contributed by atoms with Gasteiger partial charge in [-0.3, -0.25) is 5.10 Å². The Labute approximate surface area is 85.3 Å². The largest absolute Gasteiger partial charge is 0.316 e. The van der Waals surface area contributed by atoms with Crippen LogP contribution < -0.4 is 5.32 Å². The van der Waals surface area contributed by atoms with Crippen molar-refractivity contribution in [3.63, 3.8) is 0 Å². The average molecular weight is 193 g/mol. The van der Waals surface area contributed by atoms with Crippen molar-refractivity contribution >= 4 is 0 Å². The van der Waals surface area contributed by atoms with E-state index in [1.807, 2.05) is 0 Å². The first-order valence-corrected chi connectivity index (χ1v) is 5.54. The maximum atomic E-state index is 4.37. The predicted octanol–water partition coefficient (Wildman–Crippen LogP) is 1.82. The van der Waals surface area contributed by atoms with Crippen molar-refractivity contribution in [2.45, 2.75) is 32.6 Å². The molecule has 78 valence electrons. The molecule has 3 nitrogen and oxygen atoms in total. The van der Waals surface area contributed by atoms with Crippen LogP contribution in [0.1, 0.15) is 37.1 Å². The van der Waals surface area contributed by atoms with Crippen molar-refractivity contribution in [2.24, 2.45) is 5.92 Å². The number of nitrogens with zero attached hydrogens (tertiary/aromatic N) is 1. The minimum Gasteiger partial charge on any atom is -0.316 e. The van der Waals surface area contributed by atoms with E-state index in [0.29, 0.717) is 5.92 Å². The van der Waals surface area contributed by atoms with Gasteiger partial charge in [0.05, 0.1) is 5.69 Å². The number of H-pyrrole nitrogens is 1. The molecule has 0 aromatic carbocycles. The molecule has 1 aliphatic heterocycles. The molecule has 1 aromatic heterocycles.